The van der Waals surface area contributed by atoms with Crippen molar-refractivity contribution in [2.45, 2.75) is 24.3 Å². The van der Waals surface area contributed by atoms with Crippen LogP contribution >= 0.6 is 23.2 Å². The van der Waals surface area contributed by atoms with Crippen molar-refractivity contribution < 1.29 is 17.9 Å². The minimum Gasteiger partial charge on any atom is -0.476 e. The van der Waals surface area contributed by atoms with Crippen LogP contribution in [0.25, 0.3) is 0 Å². The van der Waals surface area contributed by atoms with Gasteiger partial charge in [0.1, 0.15) is 5.75 Å². The first kappa shape index (κ1) is 19.5. The molecule has 2 aromatic rings. The molecule has 2 rings (SSSR count). The highest BCUT2D eigenvalue weighted by atomic mass is 35.5. The van der Waals surface area contributed by atoms with Gasteiger partial charge in [-0.05, 0) is 44.2 Å². The van der Waals surface area contributed by atoms with Crippen molar-refractivity contribution in [2.75, 3.05) is 0 Å². The number of nitrogens with one attached hydrogen (secondary N) is 2. The molecule has 9 heteroatoms. The Labute approximate surface area is 156 Å². The van der Waals surface area contributed by atoms with Gasteiger partial charge < -0.3 is 4.74 Å². The lowest BCUT2D eigenvalue weighted by atomic mass is 10.1. The van der Waals surface area contributed by atoms with Gasteiger partial charge in [0.15, 0.2) is 5.60 Å². The smallest absolute Gasteiger partial charge is 0.278 e. The number of carbonyl (C=O) groups excluding carboxylic acids is 1. The Morgan fingerprint density at radius 3 is 2.32 bits per heavy atom. The van der Waals surface area contributed by atoms with Crippen molar-refractivity contribution in [2.24, 2.45) is 0 Å². The number of hydrogen-bond acceptors (Lipinski definition) is 4. The zero-order chi connectivity index (χ0) is 18.7. The molecule has 2 N–H and O–H groups in total. The molecule has 0 fully saturated rings. The van der Waals surface area contributed by atoms with E-state index in [-0.39, 0.29) is 15.7 Å². The summed E-state index contributed by atoms with van der Waals surface area (Å²) in [7, 11) is -3.88. The fourth-order valence-electron chi connectivity index (χ4n) is 1.80. The van der Waals surface area contributed by atoms with Gasteiger partial charge in [0.25, 0.3) is 15.9 Å². The third-order valence-electron chi connectivity index (χ3n) is 3.16. The predicted molar refractivity (Wildman–Crippen MR) is 96.1 cm³/mol. The van der Waals surface area contributed by atoms with Crippen LogP contribution in [0.15, 0.2) is 53.4 Å². The maximum absolute atomic E-state index is 12.3. The summed E-state index contributed by atoms with van der Waals surface area (Å²) in [6.45, 7) is 2.95. The number of benzene rings is 2. The minimum atomic E-state index is -3.88. The molecule has 0 heterocycles. The van der Waals surface area contributed by atoms with Gasteiger partial charge in [-0.1, -0.05) is 41.4 Å². The Morgan fingerprint density at radius 2 is 1.72 bits per heavy atom. The molecule has 0 aliphatic heterocycles. The summed E-state index contributed by atoms with van der Waals surface area (Å²) in [6, 6.07) is 12.2. The van der Waals surface area contributed by atoms with E-state index in [4.69, 9.17) is 27.9 Å². The van der Waals surface area contributed by atoms with Crippen LogP contribution in [0.5, 0.6) is 5.75 Å². The number of rotatable bonds is 6. The van der Waals surface area contributed by atoms with Crippen LogP contribution in [0.2, 0.25) is 10.0 Å². The summed E-state index contributed by atoms with van der Waals surface area (Å²) in [5.41, 5.74) is 0.750. The van der Waals surface area contributed by atoms with Crippen LogP contribution in [0.3, 0.4) is 0 Å². The summed E-state index contributed by atoms with van der Waals surface area (Å²) in [5.74, 6) is -0.449. The van der Waals surface area contributed by atoms with E-state index in [9.17, 15) is 13.2 Å². The quantitative estimate of drug-likeness (QED) is 0.726. The summed E-state index contributed by atoms with van der Waals surface area (Å²) in [4.78, 5) is 14.3. The highest BCUT2D eigenvalue weighted by Gasteiger charge is 2.31. The third-order valence-corrected chi connectivity index (χ3v) is 4.95. The molecule has 25 heavy (non-hydrogen) atoms. The zero-order valence-electron chi connectivity index (χ0n) is 13.4. The molecule has 0 radical (unpaired) electrons. The molecule has 0 unspecified atom stereocenters. The average Bonchev–Trinajstić information content (AvgIpc) is 2.56. The van der Waals surface area contributed by atoms with E-state index < -0.39 is 21.5 Å². The fourth-order valence-corrected chi connectivity index (χ4v) is 3.11. The molecule has 6 nitrogen and oxygen atoms in total. The van der Waals surface area contributed by atoms with Crippen molar-refractivity contribution in [1.29, 1.82) is 0 Å². The second kappa shape index (κ2) is 7.61. The standard InChI is InChI=1S/C16H16Cl2N2O4S/c1-16(2,24-14-9-8-11(17)10-13(14)18)15(21)19-20-25(22,23)12-6-4-3-5-7-12/h3-10,20H,1-2H3,(H,19,21). The van der Waals surface area contributed by atoms with E-state index in [0.29, 0.717) is 5.02 Å². The Bertz CT molecular complexity index is 871. The largest absolute Gasteiger partial charge is 0.476 e. The molecule has 1 amide bonds. The van der Waals surface area contributed by atoms with Crippen molar-refractivity contribution in [3.63, 3.8) is 0 Å². The first-order valence-electron chi connectivity index (χ1n) is 7.13. The lowest BCUT2D eigenvalue weighted by molar-refractivity contribution is -0.134. The van der Waals surface area contributed by atoms with E-state index in [1.165, 1.54) is 38.1 Å². The van der Waals surface area contributed by atoms with E-state index >= 15 is 0 Å². The highest BCUT2D eigenvalue weighted by Crippen LogP contribution is 2.30. The highest BCUT2D eigenvalue weighted by molar-refractivity contribution is 7.89. The Kier molecular flexibility index (Phi) is 5.95. The zero-order valence-corrected chi connectivity index (χ0v) is 15.7. The van der Waals surface area contributed by atoms with E-state index in [1.807, 2.05) is 4.83 Å². The van der Waals surface area contributed by atoms with Gasteiger partial charge >= 0.3 is 0 Å². The maximum Gasteiger partial charge on any atom is 0.278 e. The van der Waals surface area contributed by atoms with E-state index in [1.54, 1.807) is 24.3 Å². The number of hydrogen-bond donors (Lipinski definition) is 2. The van der Waals surface area contributed by atoms with Crippen LogP contribution in [-0.4, -0.2) is 19.9 Å². The van der Waals surface area contributed by atoms with Gasteiger partial charge in [-0.3, -0.25) is 10.2 Å². The van der Waals surface area contributed by atoms with E-state index in [2.05, 4.69) is 5.43 Å². The second-order valence-corrected chi connectivity index (χ2v) is 8.09. The topological polar surface area (TPSA) is 84.5 Å². The van der Waals surface area contributed by atoms with Crippen molar-refractivity contribution in [3.8, 4) is 5.75 Å². The molecule has 0 spiro atoms. The molecule has 0 saturated heterocycles. The van der Waals surface area contributed by atoms with Gasteiger partial charge in [-0.25, -0.2) is 8.42 Å². The Hall–Kier alpha value is -1.80. The summed E-state index contributed by atoms with van der Waals surface area (Å²) in [5, 5.41) is 0.661. The Morgan fingerprint density at radius 1 is 1.08 bits per heavy atom. The van der Waals surface area contributed by atoms with Crippen LogP contribution < -0.4 is 15.0 Å². The lowest BCUT2D eigenvalue weighted by Crippen LogP contribution is -2.52. The molecule has 2 aromatic carbocycles. The second-order valence-electron chi connectivity index (χ2n) is 5.56. The first-order chi connectivity index (χ1) is 11.6. The number of halogens is 2. The molecule has 0 atom stereocenters. The van der Waals surface area contributed by atoms with Gasteiger partial charge in [-0.2, -0.15) is 0 Å². The molecule has 0 saturated carbocycles. The fraction of sp³-hybridized carbons (Fsp3) is 0.188. The number of sulfonamides is 1. The first-order valence-corrected chi connectivity index (χ1v) is 9.37. The molecule has 134 valence electrons. The molecular weight excluding hydrogens is 387 g/mol. The number of carbonyl (C=O) groups is 1. The predicted octanol–water partition coefficient (Wildman–Crippen LogP) is 3.16. The molecule has 0 aliphatic carbocycles. The van der Waals surface area contributed by atoms with E-state index in [0.717, 1.165) is 0 Å². The molecule has 0 aromatic heterocycles. The Balaban J connectivity index is 2.06. The van der Waals surface area contributed by atoms with Crippen LogP contribution in [-0.2, 0) is 14.8 Å². The maximum atomic E-state index is 12.3. The molecule has 0 bridgehead atoms. The summed E-state index contributed by atoms with van der Waals surface area (Å²) >= 11 is 11.8. The van der Waals surface area contributed by atoms with Crippen LogP contribution in [0.4, 0.5) is 0 Å². The van der Waals surface area contributed by atoms with Crippen molar-refractivity contribution in [3.05, 3.63) is 58.6 Å². The average molecular weight is 403 g/mol. The minimum absolute atomic E-state index is 0.0229. The molecular formula is C16H16Cl2N2O4S. The SMILES string of the molecule is CC(C)(Oc1ccc(Cl)cc1Cl)C(=O)NNS(=O)(=O)c1ccccc1. The van der Waals surface area contributed by atoms with Crippen LogP contribution in [0, 0.1) is 0 Å². The number of ether oxygens (including phenoxy) is 1. The third kappa shape index (κ3) is 5.09. The van der Waals surface area contributed by atoms with Crippen LogP contribution in [0.1, 0.15) is 13.8 Å². The van der Waals surface area contributed by atoms with Gasteiger partial charge in [0.05, 0.1) is 9.92 Å². The summed E-state index contributed by atoms with van der Waals surface area (Å²) in [6.07, 6.45) is 0. The van der Waals surface area contributed by atoms with Gasteiger partial charge in [0.2, 0.25) is 0 Å². The molecule has 0 aliphatic rings. The lowest BCUT2D eigenvalue weighted by Gasteiger charge is -2.25. The van der Waals surface area contributed by atoms with Crippen molar-refractivity contribution >= 4 is 39.1 Å². The monoisotopic (exact) mass is 402 g/mol. The number of amides is 1. The van der Waals surface area contributed by atoms with Gasteiger partial charge in [-0.15, -0.1) is 4.83 Å². The number of hydrazine groups is 1. The van der Waals surface area contributed by atoms with Gasteiger partial charge in [0, 0.05) is 5.02 Å². The summed E-state index contributed by atoms with van der Waals surface area (Å²) < 4.78 is 29.8. The normalized spacial score (nSPS) is 11.8. The van der Waals surface area contributed by atoms with Crippen molar-refractivity contribution in [1.82, 2.24) is 10.3 Å².